The van der Waals surface area contributed by atoms with Crippen LogP contribution in [0.5, 0.6) is 5.75 Å². The standard InChI is InChI=1S/C21H32N4O2S/c1-6-22-21(23-11-17-13-28-20(25-17)14(2)3)24-12-19(26)16-7-9-18(10-8-16)27-15(4)5/h7-10,13-15,19,26H,6,11-12H2,1-5H3,(H2,22,23,24). The van der Waals surface area contributed by atoms with E-state index in [0.29, 0.717) is 25.0 Å². The number of hydrogen-bond acceptors (Lipinski definition) is 5. The predicted molar refractivity (Wildman–Crippen MR) is 116 cm³/mol. The first-order valence-electron chi connectivity index (χ1n) is 9.80. The topological polar surface area (TPSA) is 78.8 Å². The fourth-order valence-electron chi connectivity index (χ4n) is 2.51. The van der Waals surface area contributed by atoms with Crippen LogP contribution in [0.25, 0.3) is 0 Å². The molecule has 0 amide bonds. The highest BCUT2D eigenvalue weighted by atomic mass is 32.1. The molecule has 2 rings (SSSR count). The number of aliphatic imine (C=N–C) groups is 1. The largest absolute Gasteiger partial charge is 0.491 e. The lowest BCUT2D eigenvalue weighted by Gasteiger charge is -2.16. The van der Waals surface area contributed by atoms with E-state index in [1.807, 2.05) is 45.0 Å². The van der Waals surface area contributed by atoms with Crippen molar-refractivity contribution in [1.82, 2.24) is 15.6 Å². The molecule has 154 valence electrons. The van der Waals surface area contributed by atoms with Crippen LogP contribution in [0.1, 0.15) is 62.9 Å². The maximum Gasteiger partial charge on any atom is 0.191 e. The lowest BCUT2D eigenvalue weighted by atomic mass is 10.1. The molecule has 1 heterocycles. The highest BCUT2D eigenvalue weighted by molar-refractivity contribution is 7.09. The molecule has 1 unspecified atom stereocenters. The SMILES string of the molecule is CCNC(=NCc1csc(C(C)C)n1)NCC(O)c1ccc(OC(C)C)cc1. The third-order valence-corrected chi connectivity index (χ3v) is 5.10. The van der Waals surface area contributed by atoms with Gasteiger partial charge in [0.25, 0.3) is 0 Å². The molecule has 0 saturated carbocycles. The van der Waals surface area contributed by atoms with E-state index >= 15 is 0 Å². The summed E-state index contributed by atoms with van der Waals surface area (Å²) >= 11 is 1.67. The van der Waals surface area contributed by atoms with Gasteiger partial charge < -0.3 is 20.5 Å². The smallest absolute Gasteiger partial charge is 0.191 e. The normalized spacial score (nSPS) is 13.1. The van der Waals surface area contributed by atoms with Crippen LogP contribution < -0.4 is 15.4 Å². The molecule has 0 aliphatic heterocycles. The van der Waals surface area contributed by atoms with Crippen molar-refractivity contribution in [2.24, 2.45) is 4.99 Å². The van der Waals surface area contributed by atoms with Crippen molar-refractivity contribution in [2.75, 3.05) is 13.1 Å². The first-order valence-corrected chi connectivity index (χ1v) is 10.7. The Labute approximate surface area is 172 Å². The van der Waals surface area contributed by atoms with Gasteiger partial charge in [-0.3, -0.25) is 0 Å². The van der Waals surface area contributed by atoms with E-state index in [1.165, 1.54) is 0 Å². The second-order valence-electron chi connectivity index (χ2n) is 7.16. The van der Waals surface area contributed by atoms with Gasteiger partial charge in [-0.2, -0.15) is 0 Å². The van der Waals surface area contributed by atoms with Gasteiger partial charge in [-0.25, -0.2) is 9.98 Å². The summed E-state index contributed by atoms with van der Waals surface area (Å²) < 4.78 is 5.64. The minimum Gasteiger partial charge on any atom is -0.491 e. The van der Waals surface area contributed by atoms with Gasteiger partial charge in [0.15, 0.2) is 5.96 Å². The van der Waals surface area contributed by atoms with E-state index in [4.69, 9.17) is 4.74 Å². The Morgan fingerprint density at radius 2 is 1.89 bits per heavy atom. The second kappa shape index (κ2) is 11.0. The summed E-state index contributed by atoms with van der Waals surface area (Å²) in [6.07, 6.45) is -0.505. The lowest BCUT2D eigenvalue weighted by molar-refractivity contribution is 0.180. The summed E-state index contributed by atoms with van der Waals surface area (Å²) in [6, 6.07) is 7.53. The summed E-state index contributed by atoms with van der Waals surface area (Å²) in [5.41, 5.74) is 1.80. The summed E-state index contributed by atoms with van der Waals surface area (Å²) in [6.45, 7) is 11.9. The first kappa shape index (κ1) is 22.2. The molecular formula is C21H32N4O2S. The Balaban J connectivity index is 1.91. The maximum atomic E-state index is 10.5. The molecule has 6 nitrogen and oxygen atoms in total. The van der Waals surface area contributed by atoms with Crippen molar-refractivity contribution in [1.29, 1.82) is 0 Å². The van der Waals surface area contributed by atoms with Crippen LogP contribution in [0.3, 0.4) is 0 Å². The molecular weight excluding hydrogens is 372 g/mol. The van der Waals surface area contributed by atoms with Gasteiger partial charge in [0.2, 0.25) is 0 Å². The second-order valence-corrected chi connectivity index (χ2v) is 8.05. The third kappa shape index (κ3) is 7.13. The number of hydrogen-bond donors (Lipinski definition) is 3. The van der Waals surface area contributed by atoms with E-state index in [-0.39, 0.29) is 6.10 Å². The average Bonchev–Trinajstić information content (AvgIpc) is 3.13. The fourth-order valence-corrected chi connectivity index (χ4v) is 3.34. The zero-order chi connectivity index (χ0) is 20.5. The molecule has 28 heavy (non-hydrogen) atoms. The van der Waals surface area contributed by atoms with E-state index in [1.54, 1.807) is 11.3 Å². The predicted octanol–water partition coefficient (Wildman–Crippen LogP) is 3.84. The maximum absolute atomic E-state index is 10.5. The van der Waals surface area contributed by atoms with Gasteiger partial charge in [0.1, 0.15) is 5.75 Å². The summed E-state index contributed by atoms with van der Waals surface area (Å²) in [4.78, 5) is 9.18. The average molecular weight is 405 g/mol. The van der Waals surface area contributed by atoms with E-state index in [0.717, 1.165) is 28.6 Å². The molecule has 0 radical (unpaired) electrons. The van der Waals surface area contributed by atoms with Crippen molar-refractivity contribution in [2.45, 2.75) is 59.3 Å². The van der Waals surface area contributed by atoms with Gasteiger partial charge in [0, 0.05) is 24.4 Å². The van der Waals surface area contributed by atoms with E-state index in [9.17, 15) is 5.11 Å². The summed E-state index contributed by atoms with van der Waals surface area (Å²) in [7, 11) is 0. The quantitative estimate of drug-likeness (QED) is 0.437. The number of rotatable bonds is 9. The number of ether oxygens (including phenoxy) is 1. The van der Waals surface area contributed by atoms with Gasteiger partial charge in [-0.1, -0.05) is 26.0 Å². The zero-order valence-corrected chi connectivity index (χ0v) is 18.2. The zero-order valence-electron chi connectivity index (χ0n) is 17.4. The minimum absolute atomic E-state index is 0.130. The number of nitrogens with zero attached hydrogens (tertiary/aromatic N) is 2. The lowest BCUT2D eigenvalue weighted by Crippen LogP contribution is -2.39. The molecule has 0 saturated heterocycles. The number of benzene rings is 1. The van der Waals surface area contributed by atoms with Gasteiger partial charge >= 0.3 is 0 Å². The Bertz CT molecular complexity index is 741. The van der Waals surface area contributed by atoms with Crippen molar-refractivity contribution < 1.29 is 9.84 Å². The molecule has 2 aromatic rings. The third-order valence-electron chi connectivity index (χ3n) is 3.91. The Morgan fingerprint density at radius 3 is 2.46 bits per heavy atom. The van der Waals surface area contributed by atoms with Crippen LogP contribution in [0.4, 0.5) is 0 Å². The van der Waals surface area contributed by atoms with E-state index < -0.39 is 6.10 Å². The van der Waals surface area contributed by atoms with Crippen molar-refractivity contribution in [3.63, 3.8) is 0 Å². The number of aliphatic hydroxyl groups excluding tert-OH is 1. The number of aromatic nitrogens is 1. The monoisotopic (exact) mass is 404 g/mol. The highest BCUT2D eigenvalue weighted by Crippen LogP contribution is 2.20. The van der Waals surface area contributed by atoms with Crippen LogP contribution >= 0.6 is 11.3 Å². The molecule has 7 heteroatoms. The van der Waals surface area contributed by atoms with Crippen LogP contribution in [0, 0.1) is 0 Å². The Kier molecular flexibility index (Phi) is 8.73. The van der Waals surface area contributed by atoms with Crippen molar-refractivity contribution in [3.05, 3.63) is 45.9 Å². The van der Waals surface area contributed by atoms with Crippen LogP contribution in [-0.2, 0) is 6.54 Å². The minimum atomic E-state index is -0.635. The number of aliphatic hydroxyl groups is 1. The van der Waals surface area contributed by atoms with Crippen LogP contribution in [0.2, 0.25) is 0 Å². The first-order chi connectivity index (χ1) is 13.4. The van der Waals surface area contributed by atoms with E-state index in [2.05, 4.69) is 39.8 Å². The number of nitrogens with one attached hydrogen (secondary N) is 2. The Morgan fingerprint density at radius 1 is 1.18 bits per heavy atom. The van der Waals surface area contributed by atoms with Gasteiger partial charge in [-0.15, -0.1) is 11.3 Å². The highest BCUT2D eigenvalue weighted by Gasteiger charge is 2.10. The number of guanidine groups is 1. The Hall–Kier alpha value is -2.12. The van der Waals surface area contributed by atoms with Crippen molar-refractivity contribution in [3.8, 4) is 5.75 Å². The molecule has 0 aliphatic rings. The van der Waals surface area contributed by atoms with Crippen LogP contribution in [0.15, 0.2) is 34.6 Å². The number of thiazole rings is 1. The molecule has 1 aromatic carbocycles. The molecule has 0 aliphatic carbocycles. The van der Waals surface area contributed by atoms with Gasteiger partial charge in [-0.05, 0) is 38.5 Å². The molecule has 0 fully saturated rings. The summed E-state index contributed by atoms with van der Waals surface area (Å²) in [5.74, 6) is 1.90. The summed E-state index contributed by atoms with van der Waals surface area (Å²) in [5, 5.41) is 20.0. The van der Waals surface area contributed by atoms with Gasteiger partial charge in [0.05, 0.1) is 29.5 Å². The fraction of sp³-hybridized carbons (Fsp3) is 0.524. The molecule has 0 spiro atoms. The molecule has 1 aromatic heterocycles. The van der Waals surface area contributed by atoms with Crippen molar-refractivity contribution >= 4 is 17.3 Å². The molecule has 0 bridgehead atoms. The molecule has 3 N–H and O–H groups in total. The van der Waals surface area contributed by atoms with Crippen LogP contribution in [-0.4, -0.2) is 35.2 Å². The molecule has 1 atom stereocenters.